The molecule has 15 heavy (non-hydrogen) atoms. The van der Waals surface area contributed by atoms with E-state index in [2.05, 4.69) is 6.92 Å². The van der Waals surface area contributed by atoms with Gasteiger partial charge in [-0.1, -0.05) is 12.0 Å². The summed E-state index contributed by atoms with van der Waals surface area (Å²) in [6, 6.07) is 0. The Balaban J connectivity index is 1.96. The highest BCUT2D eigenvalue weighted by Crippen LogP contribution is 2.50. The Morgan fingerprint density at radius 3 is 2.73 bits per heavy atom. The first-order valence-corrected chi connectivity index (χ1v) is 6.05. The molecule has 2 aliphatic carbocycles. The Kier molecular flexibility index (Phi) is 3.13. The van der Waals surface area contributed by atoms with Crippen LogP contribution in [0.25, 0.3) is 0 Å². The fourth-order valence-electron chi connectivity index (χ4n) is 3.28. The topological polar surface area (TPSA) is 26.3 Å². The van der Waals surface area contributed by atoms with Crippen molar-refractivity contribution in [1.29, 1.82) is 0 Å². The van der Waals surface area contributed by atoms with E-state index < -0.39 is 0 Å². The van der Waals surface area contributed by atoms with E-state index in [9.17, 15) is 4.79 Å². The van der Waals surface area contributed by atoms with Gasteiger partial charge in [0.2, 0.25) is 0 Å². The molecule has 0 aromatic carbocycles. The third-order valence-electron chi connectivity index (χ3n) is 3.96. The van der Waals surface area contributed by atoms with Crippen molar-refractivity contribution in [3.8, 4) is 0 Å². The zero-order valence-electron chi connectivity index (χ0n) is 9.66. The maximum Gasteiger partial charge on any atom is 0.330 e. The first-order chi connectivity index (χ1) is 7.20. The number of ether oxygens (including phenoxy) is 1. The molecular formula is C13H20O2. The first-order valence-electron chi connectivity index (χ1n) is 6.05. The maximum atomic E-state index is 11.3. The molecule has 0 saturated heterocycles. The first kappa shape index (κ1) is 10.7. The largest absolute Gasteiger partial charge is 0.463 e. The van der Waals surface area contributed by atoms with Crippen molar-refractivity contribution in [3.05, 3.63) is 11.6 Å². The third kappa shape index (κ3) is 2.24. The second-order valence-corrected chi connectivity index (χ2v) is 4.92. The molecule has 2 saturated carbocycles. The molecule has 0 radical (unpaired) electrons. The van der Waals surface area contributed by atoms with Gasteiger partial charge in [-0.3, -0.25) is 0 Å². The molecule has 0 aromatic rings. The van der Waals surface area contributed by atoms with E-state index in [1.54, 1.807) is 6.08 Å². The molecule has 0 unspecified atom stereocenters. The quantitative estimate of drug-likeness (QED) is 0.526. The lowest BCUT2D eigenvalue weighted by atomic mass is 9.84. The van der Waals surface area contributed by atoms with Crippen LogP contribution >= 0.6 is 0 Å². The van der Waals surface area contributed by atoms with E-state index in [1.165, 1.54) is 31.3 Å². The lowest BCUT2D eigenvalue weighted by molar-refractivity contribution is -0.137. The van der Waals surface area contributed by atoms with Gasteiger partial charge in [-0.25, -0.2) is 4.79 Å². The highest BCUT2D eigenvalue weighted by molar-refractivity contribution is 5.82. The van der Waals surface area contributed by atoms with Crippen LogP contribution in [0.3, 0.4) is 0 Å². The summed E-state index contributed by atoms with van der Waals surface area (Å²) < 4.78 is 4.94. The molecule has 2 bridgehead atoms. The van der Waals surface area contributed by atoms with E-state index >= 15 is 0 Å². The molecule has 0 aromatic heterocycles. The van der Waals surface area contributed by atoms with Crippen molar-refractivity contribution in [2.45, 2.75) is 39.5 Å². The Morgan fingerprint density at radius 2 is 2.20 bits per heavy atom. The van der Waals surface area contributed by atoms with E-state index in [1.807, 2.05) is 6.92 Å². The molecule has 2 heteroatoms. The summed E-state index contributed by atoms with van der Waals surface area (Å²) in [5, 5.41) is 0. The fourth-order valence-corrected chi connectivity index (χ4v) is 3.28. The lowest BCUT2D eigenvalue weighted by Gasteiger charge is -2.22. The van der Waals surface area contributed by atoms with Crippen LogP contribution in [0.2, 0.25) is 0 Å². The predicted molar refractivity (Wildman–Crippen MR) is 59.3 cm³/mol. The molecule has 2 fully saturated rings. The van der Waals surface area contributed by atoms with Crippen LogP contribution in [0.15, 0.2) is 11.6 Å². The number of fused-ring (bicyclic) bond motifs is 2. The smallest absolute Gasteiger partial charge is 0.330 e. The minimum absolute atomic E-state index is 0.169. The second kappa shape index (κ2) is 4.38. The van der Waals surface area contributed by atoms with E-state index in [0.717, 1.165) is 11.8 Å². The minimum atomic E-state index is -0.169. The van der Waals surface area contributed by atoms with Crippen LogP contribution in [0, 0.1) is 17.8 Å². The van der Waals surface area contributed by atoms with Crippen LogP contribution in [0.1, 0.15) is 39.5 Å². The molecule has 0 amide bonds. The number of rotatable bonds is 3. The molecule has 0 spiro atoms. The van der Waals surface area contributed by atoms with Crippen LogP contribution < -0.4 is 0 Å². The summed E-state index contributed by atoms with van der Waals surface area (Å²) in [4.78, 5) is 11.3. The van der Waals surface area contributed by atoms with Crippen molar-refractivity contribution in [1.82, 2.24) is 0 Å². The molecule has 3 atom stereocenters. The van der Waals surface area contributed by atoms with Crippen LogP contribution in [0.4, 0.5) is 0 Å². The average molecular weight is 208 g/mol. The van der Waals surface area contributed by atoms with Gasteiger partial charge >= 0.3 is 5.97 Å². The highest BCUT2D eigenvalue weighted by atomic mass is 16.5. The number of carbonyl (C=O) groups excluding carboxylic acids is 1. The van der Waals surface area contributed by atoms with Crippen molar-refractivity contribution < 1.29 is 9.53 Å². The van der Waals surface area contributed by atoms with E-state index in [4.69, 9.17) is 4.74 Å². The average Bonchev–Trinajstić information content (AvgIpc) is 2.78. The summed E-state index contributed by atoms with van der Waals surface area (Å²) in [5.41, 5.74) is 1.24. The molecule has 2 nitrogen and oxygen atoms in total. The van der Waals surface area contributed by atoms with Gasteiger partial charge < -0.3 is 4.74 Å². The zero-order valence-corrected chi connectivity index (χ0v) is 9.66. The Bertz CT molecular complexity index is 280. The summed E-state index contributed by atoms with van der Waals surface area (Å²) in [7, 11) is 0. The number of hydrogen-bond donors (Lipinski definition) is 0. The number of carbonyl (C=O) groups is 1. The number of esters is 1. The lowest BCUT2D eigenvalue weighted by Crippen LogP contribution is -2.13. The van der Waals surface area contributed by atoms with Crippen molar-refractivity contribution in [3.63, 3.8) is 0 Å². The zero-order chi connectivity index (χ0) is 10.8. The Morgan fingerprint density at radius 1 is 1.40 bits per heavy atom. The van der Waals surface area contributed by atoms with Crippen molar-refractivity contribution in [2.75, 3.05) is 6.61 Å². The van der Waals surface area contributed by atoms with Gasteiger partial charge in [0.15, 0.2) is 0 Å². The minimum Gasteiger partial charge on any atom is -0.463 e. The van der Waals surface area contributed by atoms with Crippen molar-refractivity contribution in [2.24, 2.45) is 17.8 Å². The monoisotopic (exact) mass is 208 g/mol. The maximum absolute atomic E-state index is 11.3. The van der Waals surface area contributed by atoms with Gasteiger partial charge in [-0.05, 0) is 50.9 Å². The summed E-state index contributed by atoms with van der Waals surface area (Å²) in [6.07, 6.45) is 7.16. The molecule has 0 aliphatic heterocycles. The number of hydrogen-bond acceptors (Lipinski definition) is 2. The highest BCUT2D eigenvalue weighted by Gasteiger charge is 2.40. The molecule has 0 heterocycles. The van der Waals surface area contributed by atoms with Gasteiger partial charge in [-0.15, -0.1) is 0 Å². The van der Waals surface area contributed by atoms with Crippen LogP contribution in [-0.2, 0) is 9.53 Å². The predicted octanol–water partition coefficient (Wildman–Crippen LogP) is 2.93. The van der Waals surface area contributed by atoms with Gasteiger partial charge in [0.1, 0.15) is 0 Å². The molecule has 2 rings (SSSR count). The summed E-state index contributed by atoms with van der Waals surface area (Å²) >= 11 is 0. The fraction of sp³-hybridized carbons (Fsp3) is 0.769. The Hall–Kier alpha value is -0.790. The van der Waals surface area contributed by atoms with E-state index in [0.29, 0.717) is 12.5 Å². The Labute approximate surface area is 91.7 Å². The van der Waals surface area contributed by atoms with E-state index in [-0.39, 0.29) is 5.97 Å². The summed E-state index contributed by atoms with van der Waals surface area (Å²) in [6.45, 7) is 4.40. The van der Waals surface area contributed by atoms with Crippen LogP contribution in [-0.4, -0.2) is 12.6 Å². The molecule has 2 aliphatic rings. The van der Waals surface area contributed by atoms with Gasteiger partial charge in [-0.2, -0.15) is 0 Å². The summed E-state index contributed by atoms with van der Waals surface area (Å²) in [5.74, 6) is 2.28. The molecule has 84 valence electrons. The van der Waals surface area contributed by atoms with Crippen LogP contribution in [0.5, 0.6) is 0 Å². The van der Waals surface area contributed by atoms with Crippen molar-refractivity contribution >= 4 is 5.97 Å². The second-order valence-electron chi connectivity index (χ2n) is 4.92. The number of allylic oxidation sites excluding steroid dienone is 1. The SMILES string of the molecule is CCOC(=O)/C=C(\C)[C@H]1C[C@@H]2CC[C@H]1C2. The normalized spacial score (nSPS) is 34.5. The third-order valence-corrected chi connectivity index (χ3v) is 3.96. The van der Waals surface area contributed by atoms with Gasteiger partial charge in [0.05, 0.1) is 6.61 Å². The van der Waals surface area contributed by atoms with Gasteiger partial charge in [0.25, 0.3) is 0 Å². The standard InChI is InChI=1S/C13H20O2/c1-3-15-13(14)6-9(2)12-8-10-4-5-11(12)7-10/h6,10-12H,3-5,7-8H2,1-2H3/b9-6+/t10-,11+,12-/m1/s1. The van der Waals surface area contributed by atoms with Gasteiger partial charge in [0, 0.05) is 6.08 Å². The molecule has 0 N–H and O–H groups in total. The molecular weight excluding hydrogens is 188 g/mol.